The number of H-pyrrole nitrogens is 1. The van der Waals surface area contributed by atoms with Crippen molar-refractivity contribution in [3.63, 3.8) is 0 Å². The third-order valence-electron chi connectivity index (χ3n) is 1.24. The average molecular weight is 189 g/mol. The van der Waals surface area contributed by atoms with E-state index in [4.69, 9.17) is 23.2 Å². The van der Waals surface area contributed by atoms with Crippen molar-refractivity contribution in [2.75, 3.05) is 0 Å². The molecule has 56 valence electrons. The molecule has 2 heterocycles. The van der Waals surface area contributed by atoms with Gasteiger partial charge in [-0.15, -0.1) is 5.10 Å². The second kappa shape index (κ2) is 2.32. The van der Waals surface area contributed by atoms with E-state index in [1.807, 2.05) is 0 Å². The van der Waals surface area contributed by atoms with Crippen LogP contribution in [-0.4, -0.2) is 20.4 Å². The van der Waals surface area contributed by atoms with Gasteiger partial charge in [-0.2, -0.15) is 0 Å². The standard InChI is InChI=1S/C5H2Cl2N4/c6-3-1-2-4(8-3)5(7)10-11-9-2/h1H,(H,9,10). The summed E-state index contributed by atoms with van der Waals surface area (Å²) in [4.78, 5) is 3.91. The Kier molecular flexibility index (Phi) is 1.44. The van der Waals surface area contributed by atoms with Crippen LogP contribution >= 0.6 is 23.2 Å². The highest BCUT2D eigenvalue weighted by Crippen LogP contribution is 2.26. The van der Waals surface area contributed by atoms with Gasteiger partial charge in [0.2, 0.25) is 0 Å². The van der Waals surface area contributed by atoms with Crippen LogP contribution in [0.5, 0.6) is 0 Å². The van der Waals surface area contributed by atoms with Crippen LogP contribution in [0.25, 0.3) is 11.4 Å². The minimum Gasteiger partial charge on any atom is -0.257 e. The lowest BCUT2D eigenvalue weighted by atomic mass is 10.4. The molecular weight excluding hydrogens is 187 g/mol. The highest BCUT2D eigenvalue weighted by Gasteiger charge is 2.12. The maximum atomic E-state index is 5.66. The topological polar surface area (TPSA) is 54.5 Å². The smallest absolute Gasteiger partial charge is 0.181 e. The summed E-state index contributed by atoms with van der Waals surface area (Å²) in [7, 11) is 0. The van der Waals surface area contributed by atoms with E-state index in [1.54, 1.807) is 6.07 Å². The Hall–Kier alpha value is -0.870. The molecule has 11 heavy (non-hydrogen) atoms. The zero-order valence-electron chi connectivity index (χ0n) is 5.17. The van der Waals surface area contributed by atoms with E-state index in [0.717, 1.165) is 0 Å². The van der Waals surface area contributed by atoms with E-state index in [2.05, 4.69) is 20.4 Å². The zero-order valence-corrected chi connectivity index (χ0v) is 6.69. The SMILES string of the molecule is Clc1cc2[nH]nnc(Cl)c-2n1. The monoisotopic (exact) mass is 188 g/mol. The van der Waals surface area contributed by atoms with Crippen molar-refractivity contribution >= 4 is 23.2 Å². The van der Waals surface area contributed by atoms with E-state index >= 15 is 0 Å². The first-order valence-electron chi connectivity index (χ1n) is 2.80. The van der Waals surface area contributed by atoms with Gasteiger partial charge in [0.25, 0.3) is 0 Å². The molecule has 0 radical (unpaired) electrons. The van der Waals surface area contributed by atoms with E-state index in [0.29, 0.717) is 16.5 Å². The largest absolute Gasteiger partial charge is 0.257 e. The number of aromatic nitrogens is 4. The molecule has 0 fully saturated rings. The summed E-state index contributed by atoms with van der Waals surface area (Å²) < 4.78 is 0. The van der Waals surface area contributed by atoms with E-state index in [1.165, 1.54) is 0 Å². The summed E-state index contributed by atoms with van der Waals surface area (Å²) >= 11 is 11.3. The highest BCUT2D eigenvalue weighted by molar-refractivity contribution is 6.33. The predicted octanol–water partition coefficient (Wildman–Crippen LogP) is 1.61. The molecule has 2 aliphatic rings. The number of nitrogens with one attached hydrogen (secondary N) is 1. The molecule has 4 nitrogen and oxygen atoms in total. The second-order valence-electron chi connectivity index (χ2n) is 1.94. The maximum absolute atomic E-state index is 5.66. The van der Waals surface area contributed by atoms with Crippen molar-refractivity contribution in [2.24, 2.45) is 0 Å². The van der Waals surface area contributed by atoms with Crippen molar-refractivity contribution in [3.05, 3.63) is 16.4 Å². The molecule has 0 aromatic heterocycles. The lowest BCUT2D eigenvalue weighted by molar-refractivity contribution is 0.867. The van der Waals surface area contributed by atoms with Gasteiger partial charge < -0.3 is 0 Å². The first kappa shape index (κ1) is 6.82. The molecule has 0 aromatic rings. The predicted molar refractivity (Wildman–Crippen MR) is 40.8 cm³/mol. The van der Waals surface area contributed by atoms with Crippen molar-refractivity contribution in [1.82, 2.24) is 20.4 Å². The molecule has 2 rings (SSSR count). The van der Waals surface area contributed by atoms with Crippen LogP contribution in [0, 0.1) is 0 Å². The molecule has 1 N–H and O–H groups in total. The summed E-state index contributed by atoms with van der Waals surface area (Å²) in [6.07, 6.45) is 0. The molecule has 0 aliphatic carbocycles. The van der Waals surface area contributed by atoms with Crippen molar-refractivity contribution in [2.45, 2.75) is 0 Å². The highest BCUT2D eigenvalue weighted by atomic mass is 35.5. The summed E-state index contributed by atoms with van der Waals surface area (Å²) in [6.45, 7) is 0. The number of fused-ring (bicyclic) bond motifs is 1. The first-order valence-corrected chi connectivity index (χ1v) is 3.56. The fraction of sp³-hybridized carbons (Fsp3) is 0. The number of hydrogen-bond donors (Lipinski definition) is 1. The van der Waals surface area contributed by atoms with E-state index in [-0.39, 0.29) is 5.15 Å². The number of aromatic amines is 1. The van der Waals surface area contributed by atoms with Crippen LogP contribution in [0.15, 0.2) is 6.07 Å². The van der Waals surface area contributed by atoms with Gasteiger partial charge in [-0.25, -0.2) is 4.98 Å². The lowest BCUT2D eigenvalue weighted by Crippen LogP contribution is -1.92. The summed E-state index contributed by atoms with van der Waals surface area (Å²) in [6, 6.07) is 1.64. The zero-order chi connectivity index (χ0) is 7.84. The minimum atomic E-state index is 0.255. The van der Waals surface area contributed by atoms with Gasteiger partial charge in [0.05, 0.1) is 5.69 Å². The Morgan fingerprint density at radius 3 is 2.91 bits per heavy atom. The maximum Gasteiger partial charge on any atom is 0.181 e. The second-order valence-corrected chi connectivity index (χ2v) is 2.69. The number of nitrogens with zero attached hydrogens (tertiary/aromatic N) is 3. The third kappa shape index (κ3) is 1.04. The fourth-order valence-electron chi connectivity index (χ4n) is 0.799. The lowest BCUT2D eigenvalue weighted by Gasteiger charge is -1.94. The Morgan fingerprint density at radius 2 is 2.18 bits per heavy atom. The number of halogens is 2. The van der Waals surface area contributed by atoms with Crippen molar-refractivity contribution < 1.29 is 0 Å². The summed E-state index contributed by atoms with van der Waals surface area (Å²) in [5.74, 6) is 0. The Labute approximate surface area is 71.9 Å². The van der Waals surface area contributed by atoms with Gasteiger partial charge in [-0.05, 0) is 0 Å². The number of rotatable bonds is 0. The normalized spacial score (nSPS) is 10.7. The van der Waals surface area contributed by atoms with Crippen LogP contribution in [-0.2, 0) is 0 Å². The number of hydrogen-bond acceptors (Lipinski definition) is 3. The van der Waals surface area contributed by atoms with Gasteiger partial charge in [0, 0.05) is 6.07 Å². The molecule has 0 atom stereocenters. The average Bonchev–Trinajstić information content (AvgIpc) is 2.31. The van der Waals surface area contributed by atoms with Crippen LogP contribution in [0.1, 0.15) is 0 Å². The summed E-state index contributed by atoms with van der Waals surface area (Å²) in [5, 5.41) is 10.3. The molecule has 0 saturated carbocycles. The van der Waals surface area contributed by atoms with Crippen LogP contribution in [0.2, 0.25) is 10.3 Å². The molecular formula is C5H2Cl2N4. The first-order chi connectivity index (χ1) is 5.27. The van der Waals surface area contributed by atoms with Gasteiger partial charge >= 0.3 is 0 Å². The van der Waals surface area contributed by atoms with Gasteiger partial charge in [0.1, 0.15) is 10.8 Å². The van der Waals surface area contributed by atoms with Crippen molar-refractivity contribution in [3.8, 4) is 11.4 Å². The van der Waals surface area contributed by atoms with Gasteiger partial charge in [-0.3, -0.25) is 5.10 Å². The van der Waals surface area contributed by atoms with Crippen LogP contribution < -0.4 is 0 Å². The Bertz CT molecular complexity index is 358. The van der Waals surface area contributed by atoms with Gasteiger partial charge in [-0.1, -0.05) is 28.4 Å². The Balaban J connectivity index is 2.78. The quantitative estimate of drug-likeness (QED) is 0.684. The van der Waals surface area contributed by atoms with Crippen LogP contribution in [0.3, 0.4) is 0 Å². The molecule has 0 aromatic carbocycles. The molecule has 0 spiro atoms. The molecule has 6 heteroatoms. The summed E-state index contributed by atoms with van der Waals surface area (Å²) in [5.41, 5.74) is 1.24. The van der Waals surface area contributed by atoms with E-state index < -0.39 is 0 Å². The molecule has 0 unspecified atom stereocenters. The van der Waals surface area contributed by atoms with Gasteiger partial charge in [0.15, 0.2) is 5.15 Å². The molecule has 0 amide bonds. The fourth-order valence-corrected chi connectivity index (χ4v) is 1.17. The van der Waals surface area contributed by atoms with Crippen LogP contribution in [0.4, 0.5) is 0 Å². The molecule has 0 saturated heterocycles. The minimum absolute atomic E-state index is 0.255. The third-order valence-corrected chi connectivity index (χ3v) is 1.69. The molecule has 0 bridgehead atoms. The molecule has 2 aliphatic heterocycles. The van der Waals surface area contributed by atoms with Crippen molar-refractivity contribution in [1.29, 1.82) is 0 Å². The van der Waals surface area contributed by atoms with E-state index in [9.17, 15) is 0 Å². The Morgan fingerprint density at radius 1 is 1.36 bits per heavy atom.